The Labute approximate surface area is 89.1 Å². The van der Waals surface area contributed by atoms with Gasteiger partial charge in [0.2, 0.25) is 5.91 Å². The molecule has 0 aliphatic carbocycles. The Hall–Kier alpha value is -2.02. The van der Waals surface area contributed by atoms with Crippen LogP contribution in [0.5, 0.6) is 0 Å². The number of nitrogens with one attached hydrogen (secondary N) is 1. The first-order valence-electron chi connectivity index (χ1n) is 4.57. The predicted molar refractivity (Wildman–Crippen MR) is 58.3 cm³/mol. The summed E-state index contributed by atoms with van der Waals surface area (Å²) in [5.41, 5.74) is 1.36. The van der Waals surface area contributed by atoms with Gasteiger partial charge in [0.25, 0.3) is 0 Å². The molecular weight excluding hydrogens is 190 g/mol. The highest BCUT2D eigenvalue weighted by molar-refractivity contribution is 5.80. The molecule has 1 rings (SSSR count). The molecule has 0 heterocycles. The van der Waals surface area contributed by atoms with Gasteiger partial charge in [0, 0.05) is 19.8 Å². The number of nitriles is 1. The van der Waals surface area contributed by atoms with Gasteiger partial charge in [-0.05, 0) is 18.2 Å². The summed E-state index contributed by atoms with van der Waals surface area (Å²) in [7, 11) is 3.41. The highest BCUT2D eigenvalue weighted by Gasteiger charge is 2.02. The smallest absolute Gasteiger partial charge is 0.241 e. The van der Waals surface area contributed by atoms with Gasteiger partial charge in [-0.1, -0.05) is 6.07 Å². The van der Waals surface area contributed by atoms with Gasteiger partial charge in [-0.2, -0.15) is 5.26 Å². The Kier molecular flexibility index (Phi) is 3.69. The number of amides is 1. The lowest BCUT2D eigenvalue weighted by atomic mass is 10.2. The molecule has 0 aliphatic heterocycles. The number of anilines is 1. The minimum Gasteiger partial charge on any atom is -0.376 e. The average molecular weight is 203 g/mol. The molecule has 15 heavy (non-hydrogen) atoms. The zero-order valence-corrected chi connectivity index (χ0v) is 8.82. The predicted octanol–water partition coefficient (Wildman–Crippen LogP) is 1.06. The van der Waals surface area contributed by atoms with Crippen LogP contribution in [0.25, 0.3) is 0 Å². The van der Waals surface area contributed by atoms with Crippen LogP contribution in [-0.4, -0.2) is 31.4 Å². The monoisotopic (exact) mass is 203 g/mol. The lowest BCUT2D eigenvalue weighted by molar-refractivity contribution is -0.126. The topological polar surface area (TPSA) is 56.1 Å². The van der Waals surface area contributed by atoms with Gasteiger partial charge in [-0.15, -0.1) is 0 Å². The molecule has 1 N–H and O–H groups in total. The molecule has 1 aromatic carbocycles. The molecule has 1 amide bonds. The summed E-state index contributed by atoms with van der Waals surface area (Å²) in [6.45, 7) is 0.238. The summed E-state index contributed by atoms with van der Waals surface area (Å²) in [5.74, 6) is -0.00244. The van der Waals surface area contributed by atoms with Crippen LogP contribution in [0.3, 0.4) is 0 Å². The van der Waals surface area contributed by atoms with Crippen molar-refractivity contribution >= 4 is 11.6 Å². The van der Waals surface area contributed by atoms with E-state index in [0.29, 0.717) is 5.56 Å². The number of rotatable bonds is 3. The Bertz CT molecular complexity index is 393. The summed E-state index contributed by atoms with van der Waals surface area (Å²) in [6, 6.07) is 9.08. The Balaban J connectivity index is 2.59. The van der Waals surface area contributed by atoms with Crippen molar-refractivity contribution < 1.29 is 4.79 Å². The molecule has 0 aromatic heterocycles. The Morgan fingerprint density at radius 3 is 2.87 bits per heavy atom. The van der Waals surface area contributed by atoms with Crippen molar-refractivity contribution in [2.75, 3.05) is 26.0 Å². The largest absolute Gasteiger partial charge is 0.376 e. The van der Waals surface area contributed by atoms with E-state index in [0.717, 1.165) is 5.69 Å². The van der Waals surface area contributed by atoms with Crippen molar-refractivity contribution in [1.29, 1.82) is 5.26 Å². The van der Waals surface area contributed by atoms with E-state index in [2.05, 4.69) is 5.32 Å². The number of benzene rings is 1. The highest BCUT2D eigenvalue weighted by atomic mass is 16.2. The SMILES string of the molecule is CN(C)C(=O)CNc1cccc(C#N)c1. The molecule has 0 atom stereocenters. The normalized spacial score (nSPS) is 9.13. The van der Waals surface area contributed by atoms with Crippen LogP contribution in [-0.2, 0) is 4.79 Å². The second kappa shape index (κ2) is 5.01. The van der Waals surface area contributed by atoms with Crippen LogP contribution in [0.4, 0.5) is 5.69 Å². The fraction of sp³-hybridized carbons (Fsp3) is 0.273. The highest BCUT2D eigenvalue weighted by Crippen LogP contribution is 2.08. The van der Waals surface area contributed by atoms with E-state index in [1.54, 1.807) is 32.3 Å². The molecule has 78 valence electrons. The van der Waals surface area contributed by atoms with E-state index in [-0.39, 0.29) is 12.5 Å². The third-order valence-corrected chi connectivity index (χ3v) is 1.93. The van der Waals surface area contributed by atoms with Crippen molar-refractivity contribution in [3.63, 3.8) is 0 Å². The zero-order valence-electron chi connectivity index (χ0n) is 8.82. The second-order valence-electron chi connectivity index (χ2n) is 3.33. The lowest BCUT2D eigenvalue weighted by Crippen LogP contribution is -2.28. The molecular formula is C11H13N3O. The third-order valence-electron chi connectivity index (χ3n) is 1.93. The van der Waals surface area contributed by atoms with Gasteiger partial charge >= 0.3 is 0 Å². The molecule has 0 aliphatic rings. The minimum atomic E-state index is -0.00244. The van der Waals surface area contributed by atoms with E-state index in [9.17, 15) is 4.79 Å². The van der Waals surface area contributed by atoms with E-state index in [1.807, 2.05) is 12.1 Å². The third kappa shape index (κ3) is 3.31. The molecule has 0 fully saturated rings. The van der Waals surface area contributed by atoms with Crippen molar-refractivity contribution in [3.8, 4) is 6.07 Å². The fourth-order valence-corrected chi connectivity index (χ4v) is 1.03. The van der Waals surface area contributed by atoms with Gasteiger partial charge in [0.15, 0.2) is 0 Å². The molecule has 0 unspecified atom stereocenters. The van der Waals surface area contributed by atoms with E-state index >= 15 is 0 Å². The lowest BCUT2D eigenvalue weighted by Gasteiger charge is -2.11. The van der Waals surface area contributed by atoms with Crippen LogP contribution in [0.1, 0.15) is 5.56 Å². The Morgan fingerprint density at radius 1 is 1.53 bits per heavy atom. The number of carbonyl (C=O) groups is 1. The van der Waals surface area contributed by atoms with Crippen LogP contribution < -0.4 is 5.32 Å². The van der Waals surface area contributed by atoms with Gasteiger partial charge in [0.1, 0.15) is 0 Å². The maximum Gasteiger partial charge on any atom is 0.241 e. The second-order valence-corrected chi connectivity index (χ2v) is 3.33. The minimum absolute atomic E-state index is 0.00244. The van der Waals surface area contributed by atoms with Gasteiger partial charge in [-0.25, -0.2) is 0 Å². The van der Waals surface area contributed by atoms with Crippen molar-refractivity contribution in [1.82, 2.24) is 4.90 Å². The Morgan fingerprint density at radius 2 is 2.27 bits per heavy atom. The molecule has 4 heteroatoms. The van der Waals surface area contributed by atoms with Gasteiger partial charge in [0.05, 0.1) is 18.2 Å². The van der Waals surface area contributed by atoms with Crippen LogP contribution in [0.2, 0.25) is 0 Å². The number of hydrogen-bond acceptors (Lipinski definition) is 3. The number of carbonyl (C=O) groups excluding carboxylic acids is 1. The summed E-state index contributed by atoms with van der Waals surface area (Å²) < 4.78 is 0. The molecule has 0 spiro atoms. The first-order valence-corrected chi connectivity index (χ1v) is 4.57. The van der Waals surface area contributed by atoms with Crippen molar-refractivity contribution in [2.45, 2.75) is 0 Å². The maximum atomic E-state index is 11.3. The first-order chi connectivity index (χ1) is 7.13. The molecule has 0 bridgehead atoms. The van der Waals surface area contributed by atoms with Crippen LogP contribution >= 0.6 is 0 Å². The number of nitrogens with zero attached hydrogens (tertiary/aromatic N) is 2. The van der Waals surface area contributed by atoms with Crippen LogP contribution in [0.15, 0.2) is 24.3 Å². The van der Waals surface area contributed by atoms with Gasteiger partial charge < -0.3 is 10.2 Å². The average Bonchev–Trinajstić information content (AvgIpc) is 2.26. The van der Waals surface area contributed by atoms with Crippen molar-refractivity contribution in [3.05, 3.63) is 29.8 Å². The summed E-state index contributed by atoms with van der Waals surface area (Å²) in [6.07, 6.45) is 0. The van der Waals surface area contributed by atoms with E-state index in [1.165, 1.54) is 4.90 Å². The quantitative estimate of drug-likeness (QED) is 0.799. The van der Waals surface area contributed by atoms with Crippen molar-refractivity contribution in [2.24, 2.45) is 0 Å². The fourth-order valence-electron chi connectivity index (χ4n) is 1.03. The molecule has 0 saturated heterocycles. The number of likely N-dealkylation sites (N-methyl/N-ethyl adjacent to an activating group) is 1. The molecule has 4 nitrogen and oxygen atoms in total. The first kappa shape index (κ1) is 11.1. The summed E-state index contributed by atoms with van der Waals surface area (Å²) in [4.78, 5) is 12.8. The molecule has 1 aromatic rings. The molecule has 0 radical (unpaired) electrons. The zero-order chi connectivity index (χ0) is 11.3. The van der Waals surface area contributed by atoms with E-state index < -0.39 is 0 Å². The standard InChI is InChI=1S/C11H13N3O/c1-14(2)11(15)8-13-10-5-3-4-9(6-10)7-12/h3-6,13H,8H2,1-2H3. The van der Waals surface area contributed by atoms with Gasteiger partial charge in [-0.3, -0.25) is 4.79 Å². The molecule has 0 saturated carbocycles. The summed E-state index contributed by atoms with van der Waals surface area (Å²) >= 11 is 0. The van der Waals surface area contributed by atoms with Crippen LogP contribution in [0, 0.1) is 11.3 Å². The summed E-state index contributed by atoms with van der Waals surface area (Å²) in [5, 5.41) is 11.6. The number of hydrogen-bond donors (Lipinski definition) is 1. The maximum absolute atomic E-state index is 11.3. The van der Waals surface area contributed by atoms with E-state index in [4.69, 9.17) is 5.26 Å².